The van der Waals surface area contributed by atoms with Crippen molar-refractivity contribution in [2.45, 2.75) is 282 Å². The van der Waals surface area contributed by atoms with E-state index in [2.05, 4.69) is 38.2 Å². The van der Waals surface area contributed by atoms with Gasteiger partial charge in [0.2, 0.25) is 0 Å². The van der Waals surface area contributed by atoms with E-state index in [1.807, 2.05) is 0 Å². The third kappa shape index (κ3) is 35.1. The Morgan fingerprint density at radius 1 is 0.492 bits per heavy atom. The molecule has 1 aliphatic heterocycles. The molecule has 6 unspecified atom stereocenters. The molecule has 1 saturated heterocycles. The van der Waals surface area contributed by atoms with Crippen LogP contribution in [0, 0.1) is 0 Å². The Bertz CT molecular complexity index is 1080. The molecule has 1 rings (SSSR count). The molecule has 0 radical (unpaired) electrons. The quantitative estimate of drug-likeness (QED) is 0.0264. The summed E-state index contributed by atoms with van der Waals surface area (Å²) < 4.78 is 22.3. The normalized spacial score (nSPS) is 19.6. The minimum absolute atomic E-state index is 0.216. The Kier molecular flexibility index (Phi) is 41.4. The van der Waals surface area contributed by atoms with Gasteiger partial charge in [-0.3, -0.25) is 9.59 Å². The number of esters is 2. The second-order valence-corrected chi connectivity index (χ2v) is 18.3. The highest BCUT2D eigenvalue weighted by molar-refractivity contribution is 5.70. The Morgan fingerprint density at radius 2 is 0.889 bits per heavy atom. The second-order valence-electron chi connectivity index (χ2n) is 18.3. The summed E-state index contributed by atoms with van der Waals surface area (Å²) in [6.07, 6.45) is 43.3. The molecule has 0 aliphatic carbocycles. The van der Waals surface area contributed by atoms with Crippen LogP contribution < -0.4 is 0 Å². The van der Waals surface area contributed by atoms with Crippen molar-refractivity contribution in [1.29, 1.82) is 0 Å². The van der Waals surface area contributed by atoms with Crippen molar-refractivity contribution in [3.8, 4) is 0 Å². The van der Waals surface area contributed by atoms with Gasteiger partial charge in [-0.05, 0) is 44.9 Å². The third-order valence-corrected chi connectivity index (χ3v) is 12.3. The van der Waals surface area contributed by atoms with Crippen LogP contribution in [-0.2, 0) is 28.5 Å². The molecule has 10 heteroatoms. The fourth-order valence-electron chi connectivity index (χ4n) is 8.16. The first-order chi connectivity index (χ1) is 30.8. The molecule has 0 bridgehead atoms. The van der Waals surface area contributed by atoms with Gasteiger partial charge in [0, 0.05) is 12.8 Å². The summed E-state index contributed by atoms with van der Waals surface area (Å²) in [5.41, 5.74) is 0. The monoisotopic (exact) mass is 895 g/mol. The van der Waals surface area contributed by atoms with Gasteiger partial charge in [-0.15, -0.1) is 0 Å². The predicted octanol–water partition coefficient (Wildman–Crippen LogP) is 12.5. The van der Waals surface area contributed by atoms with Gasteiger partial charge in [0.1, 0.15) is 31.0 Å². The highest BCUT2D eigenvalue weighted by Crippen LogP contribution is 2.23. The van der Waals surface area contributed by atoms with Gasteiger partial charge in [0.25, 0.3) is 0 Å². The number of ether oxygens (including phenoxy) is 4. The van der Waals surface area contributed by atoms with Crippen LogP contribution in [0.2, 0.25) is 0 Å². The molecule has 0 spiro atoms. The topological polar surface area (TPSA) is 152 Å². The van der Waals surface area contributed by atoms with E-state index in [0.717, 1.165) is 51.4 Å². The first kappa shape index (κ1) is 59.2. The largest absolute Gasteiger partial charge is 0.462 e. The Morgan fingerprint density at radius 3 is 1.33 bits per heavy atom. The van der Waals surface area contributed by atoms with E-state index in [4.69, 9.17) is 18.9 Å². The zero-order chi connectivity index (χ0) is 45.9. The zero-order valence-electron chi connectivity index (χ0n) is 40.6. The van der Waals surface area contributed by atoms with Gasteiger partial charge < -0.3 is 39.4 Å². The van der Waals surface area contributed by atoms with Crippen LogP contribution in [0.5, 0.6) is 0 Å². The van der Waals surface area contributed by atoms with E-state index in [-0.39, 0.29) is 32.0 Å². The van der Waals surface area contributed by atoms with Crippen molar-refractivity contribution in [3.05, 3.63) is 24.3 Å². The lowest BCUT2D eigenvalue weighted by atomic mass is 9.99. The molecule has 0 aromatic heterocycles. The Hall–Kier alpha value is -1.82. The summed E-state index contributed by atoms with van der Waals surface area (Å²) in [5.74, 6) is -0.802. The number of unbranched alkanes of at least 4 members (excludes halogenated alkanes) is 30. The standard InChI is InChI=1S/C53H98O10/c1-3-5-7-9-11-13-15-17-19-21-23-24-26-27-29-31-33-35-37-39-41-48(55)60-44-46(45-61-53-52(59)51(58)50(57)47(43-54)63-53)62-49(56)42-40-38-36-34-32-30-28-25-22-20-18-16-14-12-10-8-6-4-2/h14,16,20,22,46-47,50-54,57-59H,3-13,15,17-19,21,23-45H2,1-2H3/b16-14-,22-20-. The summed E-state index contributed by atoms with van der Waals surface area (Å²) in [5, 5.41) is 40.2. The SMILES string of the molecule is CCCCCC/C=C\C/C=C\CCCCCCCCCC(=O)OC(COC(=O)CCCCCCCCCCCCCCCCCCCCCC)COC1OC(CO)C(O)C(O)C1O. The van der Waals surface area contributed by atoms with Crippen LogP contribution in [-0.4, -0.2) is 89.0 Å². The number of allylic oxidation sites excluding steroid dienone is 4. The smallest absolute Gasteiger partial charge is 0.306 e. The van der Waals surface area contributed by atoms with Crippen LogP contribution in [0.1, 0.15) is 245 Å². The van der Waals surface area contributed by atoms with Crippen molar-refractivity contribution in [3.63, 3.8) is 0 Å². The summed E-state index contributed by atoms with van der Waals surface area (Å²) in [4.78, 5) is 25.5. The first-order valence-corrected chi connectivity index (χ1v) is 26.4. The number of aliphatic hydroxyl groups excluding tert-OH is 4. The average molecular weight is 895 g/mol. The predicted molar refractivity (Wildman–Crippen MR) is 256 cm³/mol. The number of aliphatic hydroxyl groups is 4. The number of carbonyl (C=O) groups is 2. The molecule has 0 aromatic carbocycles. The van der Waals surface area contributed by atoms with E-state index in [9.17, 15) is 30.0 Å². The molecule has 6 atom stereocenters. The summed E-state index contributed by atoms with van der Waals surface area (Å²) in [6, 6.07) is 0. The third-order valence-electron chi connectivity index (χ3n) is 12.3. The molecule has 0 aromatic rings. The highest BCUT2D eigenvalue weighted by atomic mass is 16.7. The van der Waals surface area contributed by atoms with Crippen LogP contribution in [0.25, 0.3) is 0 Å². The lowest BCUT2D eigenvalue weighted by Crippen LogP contribution is -2.59. The number of carbonyl (C=O) groups excluding carboxylic acids is 2. The van der Waals surface area contributed by atoms with Crippen LogP contribution in [0.15, 0.2) is 24.3 Å². The molecule has 63 heavy (non-hydrogen) atoms. The minimum Gasteiger partial charge on any atom is -0.462 e. The number of hydrogen-bond acceptors (Lipinski definition) is 10. The van der Waals surface area contributed by atoms with Crippen LogP contribution in [0.4, 0.5) is 0 Å². The van der Waals surface area contributed by atoms with Gasteiger partial charge in [-0.2, -0.15) is 0 Å². The fourth-order valence-corrected chi connectivity index (χ4v) is 8.16. The van der Waals surface area contributed by atoms with Crippen LogP contribution in [0.3, 0.4) is 0 Å². The maximum atomic E-state index is 12.8. The molecule has 1 fully saturated rings. The van der Waals surface area contributed by atoms with Crippen molar-refractivity contribution >= 4 is 11.9 Å². The van der Waals surface area contributed by atoms with Gasteiger partial charge in [0.05, 0.1) is 13.2 Å². The number of hydrogen-bond donors (Lipinski definition) is 4. The minimum atomic E-state index is -1.59. The van der Waals surface area contributed by atoms with E-state index in [1.54, 1.807) is 0 Å². The lowest BCUT2D eigenvalue weighted by molar-refractivity contribution is -0.305. The Labute approximate surface area is 385 Å². The Balaban J connectivity index is 2.24. The van der Waals surface area contributed by atoms with Crippen LogP contribution >= 0.6 is 0 Å². The van der Waals surface area contributed by atoms with Gasteiger partial charge in [-0.1, -0.05) is 212 Å². The molecule has 0 amide bonds. The van der Waals surface area contributed by atoms with E-state index in [1.165, 1.54) is 161 Å². The molecule has 1 heterocycles. The maximum Gasteiger partial charge on any atom is 0.306 e. The fraction of sp³-hybridized carbons (Fsp3) is 0.887. The summed E-state index contributed by atoms with van der Waals surface area (Å²) >= 11 is 0. The second kappa shape index (κ2) is 44.0. The van der Waals surface area contributed by atoms with Gasteiger partial charge >= 0.3 is 11.9 Å². The van der Waals surface area contributed by atoms with Gasteiger partial charge in [0.15, 0.2) is 12.4 Å². The molecule has 4 N–H and O–H groups in total. The van der Waals surface area contributed by atoms with Gasteiger partial charge in [-0.25, -0.2) is 0 Å². The zero-order valence-corrected chi connectivity index (χ0v) is 40.6. The molecule has 370 valence electrons. The first-order valence-electron chi connectivity index (χ1n) is 26.4. The van der Waals surface area contributed by atoms with Crippen molar-refractivity contribution in [1.82, 2.24) is 0 Å². The van der Waals surface area contributed by atoms with E-state index < -0.39 is 49.4 Å². The average Bonchev–Trinajstić information content (AvgIpc) is 3.28. The molecule has 0 saturated carbocycles. The van der Waals surface area contributed by atoms with Crippen molar-refractivity contribution < 1.29 is 49.0 Å². The molecular formula is C53H98O10. The van der Waals surface area contributed by atoms with Crippen molar-refractivity contribution in [2.24, 2.45) is 0 Å². The summed E-state index contributed by atoms with van der Waals surface area (Å²) in [7, 11) is 0. The van der Waals surface area contributed by atoms with Crippen molar-refractivity contribution in [2.75, 3.05) is 19.8 Å². The number of rotatable bonds is 45. The maximum absolute atomic E-state index is 12.8. The highest BCUT2D eigenvalue weighted by Gasteiger charge is 2.44. The summed E-state index contributed by atoms with van der Waals surface area (Å²) in [6.45, 7) is 3.44. The molecule has 1 aliphatic rings. The van der Waals surface area contributed by atoms with E-state index >= 15 is 0 Å². The lowest BCUT2D eigenvalue weighted by Gasteiger charge is -2.39. The molecular weight excluding hydrogens is 797 g/mol. The van der Waals surface area contributed by atoms with E-state index in [0.29, 0.717) is 6.42 Å². The molecule has 10 nitrogen and oxygen atoms in total.